The number of likely N-dealkylation sites (tertiary alicyclic amines) is 1. The Bertz CT molecular complexity index is 586. The van der Waals surface area contributed by atoms with Crippen LogP contribution in [0.2, 0.25) is 5.02 Å². The van der Waals surface area contributed by atoms with E-state index in [0.717, 1.165) is 19.3 Å². The molecule has 6 heteroatoms. The van der Waals surface area contributed by atoms with Gasteiger partial charge in [0.25, 0.3) is 5.91 Å². The second kappa shape index (κ2) is 5.56. The van der Waals surface area contributed by atoms with Crippen LogP contribution in [0.15, 0.2) is 18.2 Å². The zero-order chi connectivity index (χ0) is 15.0. The van der Waals surface area contributed by atoms with Gasteiger partial charge >= 0.3 is 0 Å². The molecule has 0 aromatic heterocycles. The summed E-state index contributed by atoms with van der Waals surface area (Å²) in [6.45, 7) is 0.576. The molecule has 1 aromatic rings. The highest BCUT2D eigenvalue weighted by Crippen LogP contribution is 2.28. The first-order valence-electron chi connectivity index (χ1n) is 7.23. The number of nitrogens with zero attached hydrogens (tertiary/aromatic N) is 1. The highest BCUT2D eigenvalue weighted by atomic mass is 35.5. The topological polar surface area (TPSA) is 75.4 Å². The summed E-state index contributed by atoms with van der Waals surface area (Å²) >= 11 is 6.12. The molecular weight excluding hydrogens is 290 g/mol. The third-order valence-corrected chi connectivity index (χ3v) is 4.42. The van der Waals surface area contributed by atoms with E-state index in [1.54, 1.807) is 23.1 Å². The van der Waals surface area contributed by atoms with Gasteiger partial charge in [0, 0.05) is 12.6 Å². The van der Waals surface area contributed by atoms with E-state index >= 15 is 0 Å². The van der Waals surface area contributed by atoms with E-state index in [1.165, 1.54) is 0 Å². The highest BCUT2D eigenvalue weighted by Gasteiger charge is 2.37. The van der Waals surface area contributed by atoms with Gasteiger partial charge in [0.1, 0.15) is 6.04 Å². The fraction of sp³-hybridized carbons (Fsp3) is 0.467. The number of nitrogens with one attached hydrogen (secondary N) is 1. The molecule has 21 heavy (non-hydrogen) atoms. The SMILES string of the molecule is Nc1cccc(C(=O)N2CCCC2C(=O)NC2CC2)c1Cl. The zero-order valence-electron chi connectivity index (χ0n) is 11.6. The standard InChI is InChI=1S/C15H18ClN3O2/c16-13-10(3-1-4-11(13)17)15(21)19-8-2-5-12(19)14(20)18-9-6-7-9/h1,3-4,9,12H,2,5-8,17H2,(H,18,20). The van der Waals surface area contributed by atoms with Crippen LogP contribution in [-0.2, 0) is 4.79 Å². The molecule has 0 radical (unpaired) electrons. The number of hydrogen-bond acceptors (Lipinski definition) is 3. The summed E-state index contributed by atoms with van der Waals surface area (Å²) in [5, 5.41) is 3.23. The molecule has 2 fully saturated rings. The Morgan fingerprint density at radius 3 is 2.76 bits per heavy atom. The van der Waals surface area contributed by atoms with Crippen LogP contribution in [0.3, 0.4) is 0 Å². The predicted octanol–water partition coefficient (Wildman–Crippen LogP) is 1.81. The van der Waals surface area contributed by atoms with Crippen molar-refractivity contribution in [2.24, 2.45) is 0 Å². The number of hydrogen-bond donors (Lipinski definition) is 2. The molecular formula is C15H18ClN3O2. The third-order valence-electron chi connectivity index (χ3n) is 4.00. The first-order valence-corrected chi connectivity index (χ1v) is 7.61. The lowest BCUT2D eigenvalue weighted by Gasteiger charge is -2.24. The van der Waals surface area contributed by atoms with Gasteiger partial charge in [-0.1, -0.05) is 17.7 Å². The second-order valence-electron chi connectivity index (χ2n) is 5.65. The number of carbonyl (C=O) groups is 2. The van der Waals surface area contributed by atoms with Crippen LogP contribution in [0, 0.1) is 0 Å². The summed E-state index contributed by atoms with van der Waals surface area (Å²) in [7, 11) is 0. The lowest BCUT2D eigenvalue weighted by atomic mass is 10.1. The molecule has 1 atom stereocenters. The molecule has 5 nitrogen and oxygen atoms in total. The number of carbonyl (C=O) groups excluding carboxylic acids is 2. The average Bonchev–Trinajstić information content (AvgIpc) is 3.14. The van der Waals surface area contributed by atoms with Crippen molar-refractivity contribution in [3.05, 3.63) is 28.8 Å². The van der Waals surface area contributed by atoms with Crippen molar-refractivity contribution in [3.8, 4) is 0 Å². The third kappa shape index (κ3) is 2.83. The van der Waals surface area contributed by atoms with E-state index in [4.69, 9.17) is 17.3 Å². The summed E-state index contributed by atoms with van der Waals surface area (Å²) < 4.78 is 0. The van der Waals surface area contributed by atoms with Gasteiger partial charge in [0.15, 0.2) is 0 Å². The zero-order valence-corrected chi connectivity index (χ0v) is 12.4. The molecule has 1 aliphatic carbocycles. The number of anilines is 1. The molecule has 1 heterocycles. The Hall–Kier alpha value is -1.75. The summed E-state index contributed by atoms with van der Waals surface area (Å²) in [6, 6.07) is 4.90. The number of rotatable bonds is 3. The van der Waals surface area contributed by atoms with Gasteiger partial charge in [-0.3, -0.25) is 9.59 Å². The Labute approximate surface area is 128 Å². The van der Waals surface area contributed by atoms with Gasteiger partial charge in [0.05, 0.1) is 16.3 Å². The van der Waals surface area contributed by atoms with Crippen LogP contribution >= 0.6 is 11.6 Å². The molecule has 0 spiro atoms. The molecule has 0 bridgehead atoms. The molecule has 1 aliphatic heterocycles. The van der Waals surface area contributed by atoms with Gasteiger partial charge in [-0.15, -0.1) is 0 Å². The number of amides is 2. The minimum atomic E-state index is -0.393. The number of nitrogen functional groups attached to an aromatic ring is 1. The molecule has 3 N–H and O–H groups in total. The van der Waals surface area contributed by atoms with Crippen molar-refractivity contribution in [3.63, 3.8) is 0 Å². The van der Waals surface area contributed by atoms with Gasteiger partial charge in [-0.2, -0.15) is 0 Å². The van der Waals surface area contributed by atoms with E-state index < -0.39 is 6.04 Å². The van der Waals surface area contributed by atoms with E-state index in [9.17, 15) is 9.59 Å². The van der Waals surface area contributed by atoms with Crippen molar-refractivity contribution in [1.29, 1.82) is 0 Å². The average molecular weight is 308 g/mol. The van der Waals surface area contributed by atoms with Crippen LogP contribution in [0.25, 0.3) is 0 Å². The maximum atomic E-state index is 12.6. The maximum absolute atomic E-state index is 12.6. The van der Waals surface area contributed by atoms with Gasteiger partial charge in [0.2, 0.25) is 5.91 Å². The minimum absolute atomic E-state index is 0.0524. The van der Waals surface area contributed by atoms with Gasteiger partial charge in [-0.25, -0.2) is 0 Å². The van der Waals surface area contributed by atoms with Crippen molar-refractivity contribution in [1.82, 2.24) is 10.2 Å². The smallest absolute Gasteiger partial charge is 0.256 e. The lowest BCUT2D eigenvalue weighted by molar-refractivity contribution is -0.125. The molecule has 1 unspecified atom stereocenters. The Morgan fingerprint density at radius 1 is 1.29 bits per heavy atom. The summed E-state index contributed by atoms with van der Waals surface area (Å²) in [6.07, 6.45) is 3.60. The minimum Gasteiger partial charge on any atom is -0.398 e. The maximum Gasteiger partial charge on any atom is 0.256 e. The lowest BCUT2D eigenvalue weighted by Crippen LogP contribution is -2.46. The Balaban J connectivity index is 1.79. The van der Waals surface area contributed by atoms with Crippen LogP contribution < -0.4 is 11.1 Å². The fourth-order valence-electron chi connectivity index (χ4n) is 2.68. The van der Waals surface area contributed by atoms with Crippen LogP contribution in [-0.4, -0.2) is 35.3 Å². The van der Waals surface area contributed by atoms with Gasteiger partial charge < -0.3 is 16.0 Å². The second-order valence-corrected chi connectivity index (χ2v) is 6.03. The molecule has 1 saturated heterocycles. The number of nitrogens with two attached hydrogens (primary N) is 1. The summed E-state index contributed by atoms with van der Waals surface area (Å²) in [5.74, 6) is -0.274. The number of halogens is 1. The Morgan fingerprint density at radius 2 is 2.05 bits per heavy atom. The van der Waals surface area contributed by atoms with Gasteiger partial charge in [-0.05, 0) is 37.8 Å². The fourth-order valence-corrected chi connectivity index (χ4v) is 2.88. The van der Waals surface area contributed by atoms with E-state index in [0.29, 0.717) is 30.3 Å². The van der Waals surface area contributed by atoms with Crippen LogP contribution in [0.4, 0.5) is 5.69 Å². The molecule has 2 aliphatic rings. The first-order chi connectivity index (χ1) is 10.1. The normalized spacial score (nSPS) is 21.4. The molecule has 3 rings (SSSR count). The van der Waals surface area contributed by atoms with Crippen LogP contribution in [0.5, 0.6) is 0 Å². The molecule has 2 amide bonds. The van der Waals surface area contributed by atoms with E-state index in [-0.39, 0.29) is 16.8 Å². The predicted molar refractivity (Wildman–Crippen MR) is 81.1 cm³/mol. The highest BCUT2D eigenvalue weighted by molar-refractivity contribution is 6.36. The van der Waals surface area contributed by atoms with Crippen molar-refractivity contribution in [2.45, 2.75) is 37.8 Å². The first kappa shape index (κ1) is 14.2. The van der Waals surface area contributed by atoms with Crippen molar-refractivity contribution >= 4 is 29.1 Å². The largest absolute Gasteiger partial charge is 0.398 e. The number of benzene rings is 1. The van der Waals surface area contributed by atoms with E-state index in [1.807, 2.05) is 0 Å². The van der Waals surface area contributed by atoms with E-state index in [2.05, 4.69) is 5.32 Å². The van der Waals surface area contributed by atoms with Crippen molar-refractivity contribution < 1.29 is 9.59 Å². The van der Waals surface area contributed by atoms with Crippen LogP contribution in [0.1, 0.15) is 36.0 Å². The Kier molecular flexibility index (Phi) is 3.76. The summed E-state index contributed by atoms with van der Waals surface area (Å²) in [4.78, 5) is 26.5. The monoisotopic (exact) mass is 307 g/mol. The van der Waals surface area contributed by atoms with Crippen molar-refractivity contribution in [2.75, 3.05) is 12.3 Å². The summed E-state index contributed by atoms with van der Waals surface area (Å²) in [5.41, 5.74) is 6.48. The molecule has 1 saturated carbocycles. The molecule has 112 valence electrons. The quantitative estimate of drug-likeness (QED) is 0.836. The molecule has 1 aromatic carbocycles.